The molecular formula is C19H27Cl2NO. The number of rotatable bonds is 2. The van der Waals surface area contributed by atoms with Gasteiger partial charge >= 0.3 is 0 Å². The molecule has 0 N–H and O–H groups in total. The summed E-state index contributed by atoms with van der Waals surface area (Å²) in [5.41, 5.74) is 5.75. The van der Waals surface area contributed by atoms with Crippen LogP contribution in [0.5, 0.6) is 5.75 Å². The highest BCUT2D eigenvalue weighted by Crippen LogP contribution is 2.42. The van der Waals surface area contributed by atoms with Gasteiger partial charge in [0, 0.05) is 19.0 Å². The maximum Gasteiger partial charge on any atom is 0.137 e. The Kier molecular flexibility index (Phi) is 6.82. The highest BCUT2D eigenvalue weighted by Gasteiger charge is 2.29. The molecule has 1 unspecified atom stereocenters. The van der Waals surface area contributed by atoms with Gasteiger partial charge in [0.1, 0.15) is 5.75 Å². The SMILES string of the molecule is CC.COc1cc2c(cc1Cl)CCN(Cl)CC2C1=C(C)CCC1. The van der Waals surface area contributed by atoms with Gasteiger partial charge in [-0.3, -0.25) is 0 Å². The van der Waals surface area contributed by atoms with E-state index in [1.807, 2.05) is 18.3 Å². The van der Waals surface area contributed by atoms with Gasteiger partial charge in [-0.25, -0.2) is 4.42 Å². The first-order chi connectivity index (χ1) is 11.1. The quantitative estimate of drug-likeness (QED) is 0.478. The predicted molar refractivity (Wildman–Crippen MR) is 99.8 cm³/mol. The Morgan fingerprint density at radius 1 is 1.17 bits per heavy atom. The molecule has 1 atom stereocenters. The number of allylic oxidation sites excluding steroid dienone is 1. The molecule has 1 aliphatic heterocycles. The fraction of sp³-hybridized carbons (Fsp3) is 0.579. The number of hydrogen-bond donors (Lipinski definition) is 0. The van der Waals surface area contributed by atoms with Crippen LogP contribution in [-0.4, -0.2) is 24.6 Å². The van der Waals surface area contributed by atoms with E-state index in [-0.39, 0.29) is 0 Å². The van der Waals surface area contributed by atoms with Gasteiger partial charge in [0.05, 0.1) is 12.1 Å². The molecule has 2 nitrogen and oxygen atoms in total. The van der Waals surface area contributed by atoms with E-state index < -0.39 is 0 Å². The second-order valence-corrected chi connectivity index (χ2v) is 6.90. The van der Waals surface area contributed by atoms with Crippen molar-refractivity contribution in [2.24, 2.45) is 0 Å². The van der Waals surface area contributed by atoms with Crippen molar-refractivity contribution in [3.05, 3.63) is 39.4 Å². The summed E-state index contributed by atoms with van der Waals surface area (Å²) < 4.78 is 7.34. The molecule has 1 aliphatic carbocycles. The lowest BCUT2D eigenvalue weighted by Crippen LogP contribution is -2.20. The summed E-state index contributed by atoms with van der Waals surface area (Å²) in [4.78, 5) is 0. The Labute approximate surface area is 150 Å². The molecular weight excluding hydrogens is 329 g/mol. The normalized spacial score (nSPS) is 21.4. The maximum atomic E-state index is 6.39. The Morgan fingerprint density at radius 2 is 1.91 bits per heavy atom. The van der Waals surface area contributed by atoms with Crippen molar-refractivity contribution in [2.75, 3.05) is 20.2 Å². The molecule has 1 aromatic carbocycles. The second-order valence-electron chi connectivity index (χ2n) is 6.02. The first kappa shape index (κ1) is 18.6. The average molecular weight is 356 g/mol. The van der Waals surface area contributed by atoms with Crippen LogP contribution in [0.15, 0.2) is 23.3 Å². The molecule has 128 valence electrons. The van der Waals surface area contributed by atoms with E-state index in [1.54, 1.807) is 12.7 Å². The second kappa shape index (κ2) is 8.41. The highest BCUT2D eigenvalue weighted by atomic mass is 35.5. The molecule has 1 aromatic rings. The smallest absolute Gasteiger partial charge is 0.137 e. The number of ether oxygens (including phenoxy) is 1. The van der Waals surface area contributed by atoms with E-state index in [1.165, 1.54) is 36.0 Å². The van der Waals surface area contributed by atoms with Crippen molar-refractivity contribution >= 4 is 23.4 Å². The van der Waals surface area contributed by atoms with E-state index in [0.29, 0.717) is 10.9 Å². The lowest BCUT2D eigenvalue weighted by Gasteiger charge is -2.23. The van der Waals surface area contributed by atoms with Gasteiger partial charge in [0.25, 0.3) is 0 Å². The molecule has 2 aliphatic rings. The monoisotopic (exact) mass is 355 g/mol. The van der Waals surface area contributed by atoms with Gasteiger partial charge < -0.3 is 4.74 Å². The van der Waals surface area contributed by atoms with Gasteiger partial charge in [-0.2, -0.15) is 0 Å². The first-order valence-corrected chi connectivity index (χ1v) is 9.27. The van der Waals surface area contributed by atoms with Crippen LogP contribution in [0.1, 0.15) is 57.1 Å². The topological polar surface area (TPSA) is 12.5 Å². The van der Waals surface area contributed by atoms with E-state index >= 15 is 0 Å². The van der Waals surface area contributed by atoms with Crippen LogP contribution < -0.4 is 4.74 Å². The molecule has 0 amide bonds. The number of benzene rings is 1. The first-order valence-electron chi connectivity index (χ1n) is 8.55. The van der Waals surface area contributed by atoms with Crippen LogP contribution >= 0.6 is 23.4 Å². The summed E-state index contributed by atoms with van der Waals surface area (Å²) in [6.45, 7) is 7.99. The molecule has 0 saturated heterocycles. The van der Waals surface area contributed by atoms with Crippen molar-refractivity contribution in [3.63, 3.8) is 0 Å². The number of nitrogens with zero attached hydrogens (tertiary/aromatic N) is 1. The predicted octanol–water partition coefficient (Wildman–Crippen LogP) is 5.97. The van der Waals surface area contributed by atoms with Crippen LogP contribution in [0.2, 0.25) is 5.02 Å². The Balaban J connectivity index is 0.000000924. The summed E-state index contributed by atoms with van der Waals surface area (Å²) in [5.74, 6) is 1.13. The summed E-state index contributed by atoms with van der Waals surface area (Å²) in [6.07, 6.45) is 4.60. The minimum absolute atomic E-state index is 0.369. The van der Waals surface area contributed by atoms with Gasteiger partial charge in [0.15, 0.2) is 0 Å². The lowest BCUT2D eigenvalue weighted by molar-refractivity contribution is 0.413. The van der Waals surface area contributed by atoms with Gasteiger partial charge in [-0.1, -0.05) is 36.6 Å². The van der Waals surface area contributed by atoms with E-state index in [9.17, 15) is 0 Å². The summed E-state index contributed by atoms with van der Waals surface area (Å²) in [5, 5.41) is 0.690. The third kappa shape index (κ3) is 4.04. The summed E-state index contributed by atoms with van der Waals surface area (Å²) in [6, 6.07) is 4.18. The Bertz CT molecular complexity index is 583. The standard InChI is InChI=1S/C17H21Cl2NO.C2H6/c1-11-4-3-5-13(11)15-10-20(19)7-6-12-8-16(18)17(21-2)9-14(12)15;1-2/h8-9,15H,3-7,10H2,1-2H3;1-2H3. The number of halogens is 2. The molecule has 0 saturated carbocycles. The van der Waals surface area contributed by atoms with Gasteiger partial charge in [-0.05, 0) is 67.6 Å². The minimum atomic E-state index is 0.369. The molecule has 23 heavy (non-hydrogen) atoms. The zero-order valence-corrected chi connectivity index (χ0v) is 16.1. The molecule has 0 fully saturated rings. The molecule has 0 radical (unpaired) electrons. The van der Waals surface area contributed by atoms with Crippen LogP contribution in [0, 0.1) is 0 Å². The third-order valence-corrected chi connectivity index (χ3v) is 5.36. The fourth-order valence-corrected chi connectivity index (χ4v) is 4.11. The largest absolute Gasteiger partial charge is 0.495 e. The van der Waals surface area contributed by atoms with E-state index in [4.69, 9.17) is 28.1 Å². The lowest BCUT2D eigenvalue weighted by atomic mass is 9.86. The highest BCUT2D eigenvalue weighted by molar-refractivity contribution is 6.32. The maximum absolute atomic E-state index is 6.39. The summed E-state index contributed by atoms with van der Waals surface area (Å²) >= 11 is 12.7. The number of fused-ring (bicyclic) bond motifs is 1. The third-order valence-electron chi connectivity index (χ3n) is 4.76. The zero-order chi connectivity index (χ0) is 17.0. The van der Waals surface area contributed by atoms with Crippen molar-refractivity contribution < 1.29 is 4.74 Å². The van der Waals surface area contributed by atoms with Crippen LogP contribution in [-0.2, 0) is 6.42 Å². The van der Waals surface area contributed by atoms with E-state index in [2.05, 4.69) is 19.1 Å². The minimum Gasteiger partial charge on any atom is -0.495 e. The molecule has 0 bridgehead atoms. The van der Waals surface area contributed by atoms with Crippen molar-refractivity contribution in [3.8, 4) is 5.75 Å². The molecule has 0 spiro atoms. The molecule has 3 rings (SSSR count). The van der Waals surface area contributed by atoms with E-state index in [0.717, 1.165) is 25.3 Å². The fourth-order valence-electron chi connectivity index (χ4n) is 3.62. The number of methoxy groups -OCH3 is 1. The molecule has 0 aromatic heterocycles. The molecule has 4 heteroatoms. The Hall–Kier alpha value is -0.700. The summed E-state index contributed by atoms with van der Waals surface area (Å²) in [7, 11) is 1.67. The van der Waals surface area contributed by atoms with Crippen molar-refractivity contribution in [1.82, 2.24) is 4.42 Å². The molecule has 1 heterocycles. The Morgan fingerprint density at radius 3 is 2.52 bits per heavy atom. The zero-order valence-electron chi connectivity index (χ0n) is 14.6. The van der Waals surface area contributed by atoms with Gasteiger partial charge in [0.2, 0.25) is 0 Å². The van der Waals surface area contributed by atoms with Crippen LogP contribution in [0.3, 0.4) is 0 Å². The van der Waals surface area contributed by atoms with Gasteiger partial charge in [-0.15, -0.1) is 0 Å². The number of hydrogen-bond acceptors (Lipinski definition) is 2. The van der Waals surface area contributed by atoms with Crippen LogP contribution in [0.25, 0.3) is 0 Å². The average Bonchev–Trinajstić information content (AvgIpc) is 2.92. The van der Waals surface area contributed by atoms with Crippen molar-refractivity contribution in [2.45, 2.75) is 52.4 Å². The van der Waals surface area contributed by atoms with Crippen LogP contribution in [0.4, 0.5) is 0 Å². The van der Waals surface area contributed by atoms with Crippen molar-refractivity contribution in [1.29, 1.82) is 0 Å².